The first kappa shape index (κ1) is 10.8. The molecule has 1 rings (SSSR count). The summed E-state index contributed by atoms with van der Waals surface area (Å²) >= 11 is 0. The minimum Gasteiger partial charge on any atom is -0.317 e. The Labute approximate surface area is 76.7 Å². The quantitative estimate of drug-likeness (QED) is 0.716. The average molecular weight is 210 g/mol. The highest BCUT2D eigenvalue weighted by Gasteiger charge is 2.35. The summed E-state index contributed by atoms with van der Waals surface area (Å²) in [4.78, 5) is 6.12. The number of ether oxygens (including phenoxy) is 1. The van der Waals surface area contributed by atoms with E-state index in [1.54, 1.807) is 0 Å². The molecule has 0 radical (unpaired) electrons. The molecule has 0 fully saturated rings. The van der Waals surface area contributed by atoms with Crippen LogP contribution in [-0.2, 0) is 10.8 Å². The van der Waals surface area contributed by atoms with Crippen LogP contribution in [0.4, 0.5) is 17.6 Å². The van der Waals surface area contributed by atoms with Crippen molar-refractivity contribution in [2.75, 3.05) is 7.11 Å². The molecular weight excluding hydrogens is 204 g/mol. The lowest BCUT2D eigenvalue weighted by Gasteiger charge is -2.12. The summed E-state index contributed by atoms with van der Waals surface area (Å²) in [7, 11) is 0.735. The van der Waals surface area contributed by atoms with Gasteiger partial charge in [0.1, 0.15) is 5.69 Å². The third-order valence-corrected chi connectivity index (χ3v) is 1.42. The number of halogens is 4. The van der Waals surface area contributed by atoms with Crippen LogP contribution in [0.25, 0.3) is 0 Å². The van der Waals surface area contributed by atoms with Gasteiger partial charge < -0.3 is 4.74 Å². The maximum Gasteiger partial charge on any atom is 0.417 e. The van der Waals surface area contributed by atoms with Crippen molar-refractivity contribution in [1.82, 2.24) is 9.97 Å². The minimum atomic E-state index is -3.75. The Bertz CT molecular complexity index is 318. The summed E-state index contributed by atoms with van der Waals surface area (Å²) in [5.74, 6) is -1.07. The van der Waals surface area contributed by atoms with Crippen molar-refractivity contribution in [3.8, 4) is 0 Å². The van der Waals surface area contributed by atoms with Gasteiger partial charge >= 0.3 is 6.11 Å². The molecule has 14 heavy (non-hydrogen) atoms. The van der Waals surface area contributed by atoms with E-state index in [4.69, 9.17) is 0 Å². The number of alkyl halides is 4. The molecule has 0 amide bonds. The number of hydrogen-bond donors (Lipinski definition) is 0. The van der Waals surface area contributed by atoms with E-state index < -0.39 is 24.1 Å². The Morgan fingerprint density at radius 2 is 2.07 bits per heavy atom. The molecule has 0 spiro atoms. The molecule has 1 aromatic heterocycles. The van der Waals surface area contributed by atoms with Gasteiger partial charge in [0.15, 0.2) is 0 Å². The van der Waals surface area contributed by atoms with Gasteiger partial charge in [-0.2, -0.15) is 8.78 Å². The van der Waals surface area contributed by atoms with E-state index in [1.165, 1.54) is 0 Å². The molecule has 1 aromatic rings. The lowest BCUT2D eigenvalue weighted by molar-refractivity contribution is -0.237. The first-order valence-corrected chi connectivity index (χ1v) is 3.52. The largest absolute Gasteiger partial charge is 0.417 e. The molecule has 78 valence electrons. The Hall–Kier alpha value is -1.24. The van der Waals surface area contributed by atoms with E-state index in [0.29, 0.717) is 0 Å². The number of methoxy groups -OCH3 is 1. The third-order valence-electron chi connectivity index (χ3n) is 1.42. The molecule has 0 N–H and O–H groups in total. The van der Waals surface area contributed by atoms with Crippen molar-refractivity contribution in [2.24, 2.45) is 0 Å². The maximum atomic E-state index is 12.7. The van der Waals surface area contributed by atoms with Crippen LogP contribution in [0, 0.1) is 0 Å². The van der Waals surface area contributed by atoms with Crippen LogP contribution in [0.3, 0.4) is 0 Å². The summed E-state index contributed by atoms with van der Waals surface area (Å²) in [5.41, 5.74) is -0.758. The number of aromatic nitrogens is 2. The van der Waals surface area contributed by atoms with E-state index in [-0.39, 0.29) is 0 Å². The van der Waals surface area contributed by atoms with Gasteiger partial charge in [0.05, 0.1) is 0 Å². The smallest absolute Gasteiger partial charge is 0.317 e. The predicted octanol–water partition coefficient (Wildman–Crippen LogP) is 2.11. The van der Waals surface area contributed by atoms with E-state index >= 15 is 0 Å². The predicted molar refractivity (Wildman–Crippen MR) is 37.9 cm³/mol. The highest BCUT2D eigenvalue weighted by Crippen LogP contribution is 2.26. The van der Waals surface area contributed by atoms with Crippen molar-refractivity contribution in [3.05, 3.63) is 23.8 Å². The molecule has 3 nitrogen and oxygen atoms in total. The van der Waals surface area contributed by atoms with E-state index in [1.807, 2.05) is 0 Å². The Kier molecular flexibility index (Phi) is 3.00. The normalized spacial score (nSPS) is 12.1. The Balaban J connectivity index is 3.05. The van der Waals surface area contributed by atoms with Crippen LogP contribution in [0.15, 0.2) is 12.3 Å². The fourth-order valence-corrected chi connectivity index (χ4v) is 0.726. The zero-order valence-corrected chi connectivity index (χ0v) is 7.05. The van der Waals surface area contributed by atoms with Crippen molar-refractivity contribution in [2.45, 2.75) is 12.5 Å². The SMILES string of the molecule is COC(F)(F)c1nccc(C(F)F)n1. The fourth-order valence-electron chi connectivity index (χ4n) is 0.726. The highest BCUT2D eigenvalue weighted by atomic mass is 19.3. The van der Waals surface area contributed by atoms with Crippen LogP contribution in [0.5, 0.6) is 0 Å². The van der Waals surface area contributed by atoms with Gasteiger partial charge in [-0.1, -0.05) is 0 Å². The molecule has 1 heterocycles. The summed E-state index contributed by atoms with van der Waals surface area (Å²) in [5, 5.41) is 0. The van der Waals surface area contributed by atoms with E-state index in [0.717, 1.165) is 19.4 Å². The molecule has 0 aliphatic heterocycles. The molecule has 0 saturated carbocycles. The van der Waals surface area contributed by atoms with Gasteiger partial charge in [-0.3, -0.25) is 0 Å². The summed E-state index contributed by atoms with van der Waals surface area (Å²) in [6, 6.07) is 0.861. The second-order valence-corrected chi connectivity index (χ2v) is 2.33. The Morgan fingerprint density at radius 3 is 2.57 bits per heavy atom. The second kappa shape index (κ2) is 3.87. The van der Waals surface area contributed by atoms with Crippen LogP contribution in [-0.4, -0.2) is 17.1 Å². The summed E-state index contributed by atoms with van der Waals surface area (Å²) in [6.45, 7) is 0. The summed E-state index contributed by atoms with van der Waals surface area (Å²) in [6.07, 6.45) is -5.83. The monoisotopic (exact) mass is 210 g/mol. The third kappa shape index (κ3) is 2.16. The summed E-state index contributed by atoms with van der Waals surface area (Å²) < 4.78 is 53.4. The van der Waals surface area contributed by atoms with Crippen molar-refractivity contribution < 1.29 is 22.3 Å². The Morgan fingerprint density at radius 1 is 1.43 bits per heavy atom. The van der Waals surface area contributed by atoms with Gasteiger partial charge in [0, 0.05) is 13.3 Å². The maximum absolute atomic E-state index is 12.7. The van der Waals surface area contributed by atoms with Crippen molar-refractivity contribution in [3.63, 3.8) is 0 Å². The molecule has 0 unspecified atom stereocenters. The molecule has 7 heteroatoms. The molecule has 0 aromatic carbocycles. The average Bonchev–Trinajstić information content (AvgIpc) is 2.18. The molecule has 0 bridgehead atoms. The zero-order valence-electron chi connectivity index (χ0n) is 7.05. The van der Waals surface area contributed by atoms with E-state index in [9.17, 15) is 17.6 Å². The lowest BCUT2D eigenvalue weighted by atomic mass is 10.4. The minimum absolute atomic E-state index is 0.735. The second-order valence-electron chi connectivity index (χ2n) is 2.33. The number of nitrogens with zero attached hydrogens (tertiary/aromatic N) is 2. The standard InChI is InChI=1S/C7H6F4N2O/c1-14-7(10,11)6-12-3-2-4(13-6)5(8)9/h2-3,5H,1H3. The lowest BCUT2D eigenvalue weighted by Crippen LogP contribution is -2.20. The first-order valence-electron chi connectivity index (χ1n) is 3.52. The van der Waals surface area contributed by atoms with Gasteiger partial charge in [0.25, 0.3) is 6.43 Å². The zero-order chi connectivity index (χ0) is 10.8. The number of rotatable bonds is 3. The van der Waals surface area contributed by atoms with E-state index in [2.05, 4.69) is 14.7 Å². The first-order chi connectivity index (χ1) is 6.47. The van der Waals surface area contributed by atoms with Crippen LogP contribution >= 0.6 is 0 Å². The fraction of sp³-hybridized carbons (Fsp3) is 0.429. The van der Waals surface area contributed by atoms with Crippen molar-refractivity contribution in [1.29, 1.82) is 0 Å². The van der Waals surface area contributed by atoms with Crippen molar-refractivity contribution >= 4 is 0 Å². The van der Waals surface area contributed by atoms with Gasteiger partial charge in [-0.15, -0.1) is 0 Å². The molecule has 0 atom stereocenters. The molecule has 0 aliphatic carbocycles. The van der Waals surface area contributed by atoms with Crippen LogP contribution < -0.4 is 0 Å². The van der Waals surface area contributed by atoms with Gasteiger partial charge in [-0.05, 0) is 6.07 Å². The van der Waals surface area contributed by atoms with Crippen LogP contribution in [0.2, 0.25) is 0 Å². The molecule has 0 aliphatic rings. The highest BCUT2D eigenvalue weighted by molar-refractivity contribution is 5.05. The topological polar surface area (TPSA) is 35.0 Å². The van der Waals surface area contributed by atoms with Gasteiger partial charge in [-0.25, -0.2) is 18.7 Å². The molecule has 0 saturated heterocycles. The molecular formula is C7H6F4N2O. The van der Waals surface area contributed by atoms with Crippen LogP contribution in [0.1, 0.15) is 17.9 Å². The van der Waals surface area contributed by atoms with Gasteiger partial charge in [0.2, 0.25) is 5.82 Å². The number of hydrogen-bond acceptors (Lipinski definition) is 3.